The number of halogens is 3. The van der Waals surface area contributed by atoms with E-state index in [4.69, 9.17) is 9.84 Å². The van der Waals surface area contributed by atoms with Crippen LogP contribution in [0.1, 0.15) is 51.0 Å². The molecule has 0 saturated carbocycles. The summed E-state index contributed by atoms with van der Waals surface area (Å²) in [6, 6.07) is 12.8. The van der Waals surface area contributed by atoms with Gasteiger partial charge in [0, 0.05) is 11.4 Å². The van der Waals surface area contributed by atoms with Gasteiger partial charge in [-0.15, -0.1) is 11.3 Å². The summed E-state index contributed by atoms with van der Waals surface area (Å²) in [7, 11) is 0. The number of carboxylic acids is 1. The van der Waals surface area contributed by atoms with E-state index in [2.05, 4.69) is 12.2 Å². The summed E-state index contributed by atoms with van der Waals surface area (Å²) in [6.45, 7) is 6.17. The fourth-order valence-electron chi connectivity index (χ4n) is 4.10. The van der Waals surface area contributed by atoms with Crippen molar-refractivity contribution in [3.05, 3.63) is 75.0 Å². The smallest absolute Gasteiger partial charge is 0.417 e. The Morgan fingerprint density at radius 1 is 1.08 bits per heavy atom. The summed E-state index contributed by atoms with van der Waals surface area (Å²) >= 11 is 1.38. The second-order valence-electron chi connectivity index (χ2n) is 9.10. The lowest BCUT2D eigenvalue weighted by Crippen LogP contribution is -2.25. The zero-order valence-corrected chi connectivity index (χ0v) is 21.8. The molecule has 198 valence electrons. The molecule has 2 aromatic carbocycles. The van der Waals surface area contributed by atoms with Crippen LogP contribution in [0, 0.1) is 19.8 Å². The van der Waals surface area contributed by atoms with Crippen LogP contribution in [-0.4, -0.2) is 30.1 Å². The van der Waals surface area contributed by atoms with E-state index in [0.717, 1.165) is 23.8 Å². The van der Waals surface area contributed by atoms with Crippen molar-refractivity contribution in [1.82, 2.24) is 5.32 Å². The molecule has 5 nitrogen and oxygen atoms in total. The van der Waals surface area contributed by atoms with Crippen LogP contribution in [-0.2, 0) is 17.4 Å². The highest BCUT2D eigenvalue weighted by molar-refractivity contribution is 7.14. The van der Waals surface area contributed by atoms with E-state index in [1.807, 2.05) is 6.07 Å². The second-order valence-corrected chi connectivity index (χ2v) is 10.3. The Balaban J connectivity index is 1.56. The maximum Gasteiger partial charge on any atom is 0.417 e. The maximum atomic E-state index is 13.5. The summed E-state index contributed by atoms with van der Waals surface area (Å²) in [6.07, 6.45) is -2.96. The Morgan fingerprint density at radius 2 is 1.76 bits per heavy atom. The minimum absolute atomic E-state index is 0.0878. The highest BCUT2D eigenvalue weighted by Gasteiger charge is 2.34. The monoisotopic (exact) mass is 533 g/mol. The molecule has 1 amide bonds. The number of carbonyl (C=O) groups is 2. The number of carbonyl (C=O) groups excluding carboxylic acids is 1. The molecular weight excluding hydrogens is 503 g/mol. The number of rotatable bonds is 11. The fourth-order valence-corrected chi connectivity index (χ4v) is 5.03. The van der Waals surface area contributed by atoms with Crippen molar-refractivity contribution in [2.45, 2.75) is 46.2 Å². The van der Waals surface area contributed by atoms with Gasteiger partial charge in [0.25, 0.3) is 5.91 Å². The van der Waals surface area contributed by atoms with Crippen molar-refractivity contribution >= 4 is 23.2 Å². The van der Waals surface area contributed by atoms with Gasteiger partial charge in [-0.3, -0.25) is 9.59 Å². The van der Waals surface area contributed by atoms with Gasteiger partial charge in [-0.05, 0) is 85.2 Å². The number of aliphatic carboxylic acids is 1. The Labute approximate surface area is 218 Å². The van der Waals surface area contributed by atoms with E-state index in [-0.39, 0.29) is 30.4 Å². The van der Waals surface area contributed by atoms with Gasteiger partial charge in [-0.25, -0.2) is 0 Å². The van der Waals surface area contributed by atoms with Crippen molar-refractivity contribution in [2.75, 3.05) is 13.2 Å². The van der Waals surface area contributed by atoms with Gasteiger partial charge in [0.1, 0.15) is 5.75 Å². The van der Waals surface area contributed by atoms with E-state index < -0.39 is 17.7 Å². The molecule has 1 aromatic heterocycles. The zero-order valence-electron chi connectivity index (χ0n) is 20.9. The number of ether oxygens (including phenoxy) is 1. The quantitative estimate of drug-likeness (QED) is 0.281. The van der Waals surface area contributed by atoms with Crippen molar-refractivity contribution in [3.8, 4) is 16.9 Å². The standard InChI is InChI=1S/C28H30F3NO4S/c1-17(8-9-21-10-11-24(37-21)27(35)32-13-12-25(33)34)16-36-20-14-18(2)26(19(3)15-20)22-6-4-5-7-23(22)28(29,30)31/h4-7,10-11,14-15,17H,8-9,12-13,16H2,1-3H3,(H,32,35)(H,33,34). The molecular formula is C28H30F3NO4S. The minimum Gasteiger partial charge on any atom is -0.493 e. The van der Waals surface area contributed by atoms with E-state index in [9.17, 15) is 22.8 Å². The molecule has 0 radical (unpaired) electrons. The molecule has 0 aliphatic carbocycles. The van der Waals surface area contributed by atoms with E-state index >= 15 is 0 Å². The van der Waals surface area contributed by atoms with E-state index in [1.165, 1.54) is 23.5 Å². The molecule has 9 heteroatoms. The first kappa shape index (κ1) is 28.2. The summed E-state index contributed by atoms with van der Waals surface area (Å²) in [5.74, 6) is -0.412. The molecule has 0 spiro atoms. The highest BCUT2D eigenvalue weighted by Crippen LogP contribution is 2.40. The van der Waals surface area contributed by atoms with Gasteiger partial charge >= 0.3 is 12.1 Å². The topological polar surface area (TPSA) is 75.6 Å². The number of hydrogen-bond donors (Lipinski definition) is 2. The van der Waals surface area contributed by atoms with Crippen LogP contribution in [0.3, 0.4) is 0 Å². The fraction of sp³-hybridized carbons (Fsp3) is 0.357. The summed E-state index contributed by atoms with van der Waals surface area (Å²) in [4.78, 5) is 24.3. The number of amides is 1. The third-order valence-electron chi connectivity index (χ3n) is 5.94. The molecule has 0 saturated heterocycles. The number of aryl methyl sites for hydroxylation is 3. The minimum atomic E-state index is -4.44. The molecule has 0 aliphatic rings. The maximum absolute atomic E-state index is 13.5. The number of nitrogens with one attached hydrogen (secondary N) is 1. The SMILES string of the molecule is Cc1cc(OCC(C)CCc2ccc(C(=O)NCCC(=O)O)s2)cc(C)c1-c1ccccc1C(F)(F)F. The lowest BCUT2D eigenvalue weighted by molar-refractivity contribution is -0.137. The molecule has 3 aromatic rings. The van der Waals surface area contributed by atoms with Crippen LogP contribution in [0.25, 0.3) is 11.1 Å². The molecule has 2 N–H and O–H groups in total. The average molecular weight is 534 g/mol. The van der Waals surface area contributed by atoms with Crippen LogP contribution in [0.2, 0.25) is 0 Å². The third kappa shape index (κ3) is 7.82. The highest BCUT2D eigenvalue weighted by atomic mass is 32.1. The molecule has 1 heterocycles. The number of benzene rings is 2. The van der Waals surface area contributed by atoms with E-state index in [0.29, 0.717) is 33.9 Å². The number of hydrogen-bond acceptors (Lipinski definition) is 4. The predicted molar refractivity (Wildman–Crippen MR) is 138 cm³/mol. The summed E-state index contributed by atoms with van der Waals surface area (Å²) in [5, 5.41) is 11.3. The van der Waals surface area contributed by atoms with Crippen LogP contribution in [0.5, 0.6) is 5.75 Å². The van der Waals surface area contributed by atoms with Crippen LogP contribution < -0.4 is 10.1 Å². The van der Waals surface area contributed by atoms with Gasteiger partial charge in [0.05, 0.1) is 23.5 Å². The molecule has 1 atom stereocenters. The zero-order chi connectivity index (χ0) is 27.2. The van der Waals surface area contributed by atoms with Gasteiger partial charge < -0.3 is 15.2 Å². The first-order valence-electron chi connectivity index (χ1n) is 11.9. The molecule has 37 heavy (non-hydrogen) atoms. The van der Waals surface area contributed by atoms with Gasteiger partial charge in [0.2, 0.25) is 0 Å². The van der Waals surface area contributed by atoms with Crippen molar-refractivity contribution in [3.63, 3.8) is 0 Å². The lowest BCUT2D eigenvalue weighted by Gasteiger charge is -2.19. The summed E-state index contributed by atoms with van der Waals surface area (Å²) < 4.78 is 46.6. The molecule has 3 rings (SSSR count). The molecule has 1 unspecified atom stereocenters. The Morgan fingerprint density at radius 3 is 2.41 bits per heavy atom. The molecule has 0 aliphatic heterocycles. The predicted octanol–water partition coefficient (Wildman–Crippen LogP) is 6.90. The first-order valence-corrected chi connectivity index (χ1v) is 12.8. The molecule has 0 bridgehead atoms. The largest absolute Gasteiger partial charge is 0.493 e. The van der Waals surface area contributed by atoms with Crippen LogP contribution in [0.15, 0.2) is 48.5 Å². The number of alkyl halides is 3. The van der Waals surface area contributed by atoms with Gasteiger partial charge in [0.15, 0.2) is 0 Å². The van der Waals surface area contributed by atoms with Crippen molar-refractivity contribution in [2.24, 2.45) is 5.92 Å². The first-order chi connectivity index (χ1) is 17.5. The van der Waals surface area contributed by atoms with Crippen molar-refractivity contribution < 1.29 is 32.6 Å². The van der Waals surface area contributed by atoms with Crippen molar-refractivity contribution in [1.29, 1.82) is 0 Å². The Hall–Kier alpha value is -3.33. The number of carboxylic acid groups (broad SMARTS) is 1. The lowest BCUT2D eigenvalue weighted by atomic mass is 9.92. The average Bonchev–Trinajstić information content (AvgIpc) is 3.30. The van der Waals surface area contributed by atoms with Gasteiger partial charge in [-0.2, -0.15) is 13.2 Å². The molecule has 0 fully saturated rings. The number of thiophene rings is 1. The van der Waals surface area contributed by atoms with Crippen LogP contribution in [0.4, 0.5) is 13.2 Å². The summed E-state index contributed by atoms with van der Waals surface area (Å²) in [5.41, 5.74) is 1.50. The second kappa shape index (κ2) is 12.3. The Kier molecular flexibility index (Phi) is 9.37. The normalized spacial score (nSPS) is 12.3. The van der Waals surface area contributed by atoms with Gasteiger partial charge in [-0.1, -0.05) is 25.1 Å². The third-order valence-corrected chi connectivity index (χ3v) is 7.08. The Bertz CT molecular complexity index is 1230. The van der Waals surface area contributed by atoms with Crippen LogP contribution >= 0.6 is 11.3 Å². The van der Waals surface area contributed by atoms with E-state index in [1.54, 1.807) is 38.1 Å².